The van der Waals surface area contributed by atoms with Crippen molar-refractivity contribution in [1.82, 2.24) is 10.2 Å². The van der Waals surface area contributed by atoms with Crippen molar-refractivity contribution in [2.45, 2.75) is 12.5 Å². The molecule has 0 saturated carbocycles. The zero-order valence-electron chi connectivity index (χ0n) is 12.6. The summed E-state index contributed by atoms with van der Waals surface area (Å²) in [6.07, 6.45) is 0.326. The highest BCUT2D eigenvalue weighted by Gasteiger charge is 2.19. The number of morpholine rings is 1. The maximum absolute atomic E-state index is 12.7. The number of likely N-dealkylation sites (N-methyl/N-ethyl adjacent to an activating group) is 1. The fraction of sp³-hybridized carbons (Fsp3) is 0.533. The highest BCUT2D eigenvalue weighted by Crippen LogP contribution is 2.11. The smallest absolute Gasteiger partial charge is 0.225 e. The lowest BCUT2D eigenvalue weighted by Crippen LogP contribution is -2.42. The average molecular weight is 333 g/mol. The summed E-state index contributed by atoms with van der Waals surface area (Å²) in [5, 5.41) is 3.20. The first kappa shape index (κ1) is 18.7. The van der Waals surface area contributed by atoms with Gasteiger partial charge < -0.3 is 19.7 Å². The second-order valence-electron chi connectivity index (χ2n) is 5.02. The fourth-order valence-corrected chi connectivity index (χ4v) is 2.06. The molecule has 22 heavy (non-hydrogen) atoms. The van der Waals surface area contributed by atoms with Crippen molar-refractivity contribution >= 4 is 18.3 Å². The van der Waals surface area contributed by atoms with Gasteiger partial charge in [-0.2, -0.15) is 0 Å². The second-order valence-corrected chi connectivity index (χ2v) is 5.02. The monoisotopic (exact) mass is 332 g/mol. The van der Waals surface area contributed by atoms with E-state index < -0.39 is 0 Å². The Morgan fingerprint density at radius 2 is 2.18 bits per heavy atom. The van der Waals surface area contributed by atoms with E-state index >= 15 is 0 Å². The van der Waals surface area contributed by atoms with Gasteiger partial charge in [-0.1, -0.05) is 0 Å². The SMILES string of the molecule is CN(CCOc1ccc(F)cc1)C(=O)CC1CNCCO1.Cl. The van der Waals surface area contributed by atoms with Crippen LogP contribution in [0.2, 0.25) is 0 Å². The molecule has 1 aliphatic rings. The largest absolute Gasteiger partial charge is 0.492 e. The molecule has 2 rings (SSSR count). The maximum Gasteiger partial charge on any atom is 0.225 e. The van der Waals surface area contributed by atoms with E-state index in [2.05, 4.69) is 5.32 Å². The molecule has 0 bridgehead atoms. The van der Waals surface area contributed by atoms with Crippen molar-refractivity contribution in [3.63, 3.8) is 0 Å². The van der Waals surface area contributed by atoms with Crippen LogP contribution in [-0.2, 0) is 9.53 Å². The van der Waals surface area contributed by atoms with E-state index in [9.17, 15) is 9.18 Å². The third kappa shape index (κ3) is 6.17. The predicted molar refractivity (Wildman–Crippen MR) is 84.0 cm³/mol. The van der Waals surface area contributed by atoms with Crippen LogP contribution >= 0.6 is 12.4 Å². The van der Waals surface area contributed by atoms with Gasteiger partial charge in [0.05, 0.1) is 25.7 Å². The van der Waals surface area contributed by atoms with Crippen molar-refractivity contribution in [2.24, 2.45) is 0 Å². The maximum atomic E-state index is 12.7. The van der Waals surface area contributed by atoms with Crippen LogP contribution in [0.15, 0.2) is 24.3 Å². The Labute approximate surface area is 136 Å². The number of hydrogen-bond donors (Lipinski definition) is 1. The van der Waals surface area contributed by atoms with Gasteiger partial charge in [-0.05, 0) is 24.3 Å². The molecule has 1 saturated heterocycles. The number of carbonyl (C=O) groups is 1. The van der Waals surface area contributed by atoms with Gasteiger partial charge in [-0.3, -0.25) is 4.79 Å². The van der Waals surface area contributed by atoms with Crippen LogP contribution in [0.1, 0.15) is 6.42 Å². The molecule has 7 heteroatoms. The first-order valence-electron chi connectivity index (χ1n) is 7.10. The van der Waals surface area contributed by atoms with E-state index in [0.29, 0.717) is 38.5 Å². The first-order chi connectivity index (χ1) is 10.1. The summed E-state index contributed by atoms with van der Waals surface area (Å²) in [6, 6.07) is 5.83. The number of rotatable bonds is 6. The predicted octanol–water partition coefficient (Wildman–Crippen LogP) is 1.46. The van der Waals surface area contributed by atoms with E-state index in [0.717, 1.165) is 6.54 Å². The van der Waals surface area contributed by atoms with Crippen LogP contribution in [-0.4, -0.2) is 56.8 Å². The van der Waals surface area contributed by atoms with Crippen molar-refractivity contribution in [3.05, 3.63) is 30.1 Å². The van der Waals surface area contributed by atoms with Crippen LogP contribution in [0, 0.1) is 5.82 Å². The Kier molecular flexibility index (Phi) is 8.16. The van der Waals surface area contributed by atoms with Gasteiger partial charge in [0, 0.05) is 20.1 Å². The molecule has 0 aromatic heterocycles. The van der Waals surface area contributed by atoms with E-state index in [-0.39, 0.29) is 30.2 Å². The van der Waals surface area contributed by atoms with Crippen LogP contribution in [0.25, 0.3) is 0 Å². The standard InChI is InChI=1S/C15H21FN2O3.ClH/c1-18(15(19)10-14-11-17-6-8-20-14)7-9-21-13-4-2-12(16)3-5-13;/h2-5,14,17H,6-11H2,1H3;1H. The van der Waals surface area contributed by atoms with Crippen molar-refractivity contribution in [3.8, 4) is 5.75 Å². The Morgan fingerprint density at radius 3 is 2.82 bits per heavy atom. The Hall–Kier alpha value is -1.37. The van der Waals surface area contributed by atoms with Gasteiger partial charge in [0.1, 0.15) is 18.2 Å². The molecule has 1 aromatic rings. The second kappa shape index (κ2) is 9.61. The topological polar surface area (TPSA) is 50.8 Å². The number of nitrogens with zero attached hydrogens (tertiary/aromatic N) is 1. The molecule has 0 radical (unpaired) electrons. The summed E-state index contributed by atoms with van der Waals surface area (Å²) < 4.78 is 23.7. The normalized spacial score (nSPS) is 17.5. The lowest BCUT2D eigenvalue weighted by atomic mass is 10.2. The quantitative estimate of drug-likeness (QED) is 0.857. The summed E-state index contributed by atoms with van der Waals surface area (Å²) in [4.78, 5) is 13.6. The highest BCUT2D eigenvalue weighted by atomic mass is 35.5. The van der Waals surface area contributed by atoms with Crippen LogP contribution in [0.3, 0.4) is 0 Å². The van der Waals surface area contributed by atoms with Crippen molar-refractivity contribution < 1.29 is 18.7 Å². The summed E-state index contributed by atoms with van der Waals surface area (Å²) in [6.45, 7) is 3.06. The molecule has 0 spiro atoms. The minimum Gasteiger partial charge on any atom is -0.492 e. The summed E-state index contributed by atoms with van der Waals surface area (Å²) in [5.74, 6) is 0.333. The lowest BCUT2D eigenvalue weighted by Gasteiger charge is -2.25. The molecule has 1 aromatic carbocycles. The third-order valence-electron chi connectivity index (χ3n) is 3.34. The third-order valence-corrected chi connectivity index (χ3v) is 3.34. The van der Waals surface area contributed by atoms with Gasteiger partial charge in [-0.25, -0.2) is 4.39 Å². The molecule has 1 unspecified atom stereocenters. The molecule has 1 amide bonds. The minimum absolute atomic E-state index is 0. The molecular formula is C15H22ClFN2O3. The van der Waals surface area contributed by atoms with E-state index in [4.69, 9.17) is 9.47 Å². The molecule has 1 N–H and O–H groups in total. The lowest BCUT2D eigenvalue weighted by molar-refractivity contribution is -0.133. The molecule has 5 nitrogen and oxygen atoms in total. The number of halogens is 2. The molecule has 1 atom stereocenters. The number of carbonyl (C=O) groups excluding carboxylic acids is 1. The summed E-state index contributed by atoms with van der Waals surface area (Å²) in [7, 11) is 1.74. The molecule has 124 valence electrons. The number of ether oxygens (including phenoxy) is 2. The minimum atomic E-state index is -0.296. The van der Waals surface area contributed by atoms with Crippen LogP contribution in [0.5, 0.6) is 5.75 Å². The Bertz CT molecular complexity index is 453. The summed E-state index contributed by atoms with van der Waals surface area (Å²) in [5.41, 5.74) is 0. The van der Waals surface area contributed by atoms with Crippen molar-refractivity contribution in [1.29, 1.82) is 0 Å². The van der Waals surface area contributed by atoms with Gasteiger partial charge in [0.25, 0.3) is 0 Å². The molecule has 1 fully saturated rings. The van der Waals surface area contributed by atoms with Gasteiger partial charge in [0.2, 0.25) is 5.91 Å². The van der Waals surface area contributed by atoms with E-state index in [1.807, 2.05) is 0 Å². The van der Waals surface area contributed by atoms with Crippen molar-refractivity contribution in [2.75, 3.05) is 39.9 Å². The average Bonchev–Trinajstić information content (AvgIpc) is 2.50. The van der Waals surface area contributed by atoms with Gasteiger partial charge in [0.15, 0.2) is 0 Å². The first-order valence-corrected chi connectivity index (χ1v) is 7.10. The number of benzene rings is 1. The number of hydrogen-bond acceptors (Lipinski definition) is 4. The molecular weight excluding hydrogens is 311 g/mol. The molecule has 1 aliphatic heterocycles. The zero-order valence-corrected chi connectivity index (χ0v) is 13.4. The zero-order chi connectivity index (χ0) is 15.1. The van der Waals surface area contributed by atoms with E-state index in [1.165, 1.54) is 12.1 Å². The Balaban J connectivity index is 0.00000242. The van der Waals surface area contributed by atoms with Crippen LogP contribution in [0.4, 0.5) is 4.39 Å². The highest BCUT2D eigenvalue weighted by molar-refractivity contribution is 5.85. The summed E-state index contributed by atoms with van der Waals surface area (Å²) >= 11 is 0. The van der Waals surface area contributed by atoms with E-state index in [1.54, 1.807) is 24.1 Å². The number of amides is 1. The van der Waals surface area contributed by atoms with Crippen LogP contribution < -0.4 is 10.1 Å². The fourth-order valence-electron chi connectivity index (χ4n) is 2.06. The molecule has 1 heterocycles. The molecule has 0 aliphatic carbocycles. The van der Waals surface area contributed by atoms with Gasteiger partial charge >= 0.3 is 0 Å². The Morgan fingerprint density at radius 1 is 1.45 bits per heavy atom. The number of nitrogens with one attached hydrogen (secondary N) is 1. The van der Waals surface area contributed by atoms with Gasteiger partial charge in [-0.15, -0.1) is 12.4 Å².